The number of aromatic nitrogens is 2. The lowest BCUT2D eigenvalue weighted by molar-refractivity contribution is 0.934. The summed E-state index contributed by atoms with van der Waals surface area (Å²) in [6.07, 6.45) is 1.83. The van der Waals surface area contributed by atoms with E-state index in [9.17, 15) is 4.91 Å². The molecule has 1 heterocycles. The van der Waals surface area contributed by atoms with E-state index in [1.54, 1.807) is 6.92 Å². The first-order valence-corrected chi connectivity index (χ1v) is 4.70. The standard InChI is InChI=1S/C6H6ClN3OS/c1-3-4(10-11)5(7)9-6(8-3)12-2/h1-2H3. The van der Waals surface area contributed by atoms with Crippen molar-refractivity contribution in [3.8, 4) is 0 Å². The number of nitroso groups, excluding NO2 is 1. The highest BCUT2D eigenvalue weighted by Gasteiger charge is 2.09. The molecule has 1 aromatic heterocycles. The summed E-state index contributed by atoms with van der Waals surface area (Å²) in [5.74, 6) is 0. The number of aryl methyl sites for hydroxylation is 1. The number of hydrogen-bond acceptors (Lipinski definition) is 5. The van der Waals surface area contributed by atoms with Gasteiger partial charge >= 0.3 is 0 Å². The SMILES string of the molecule is CSc1nc(C)c(N=O)c(Cl)n1. The third-order valence-corrected chi connectivity index (χ3v) is 2.08. The van der Waals surface area contributed by atoms with Crippen LogP contribution in [0.4, 0.5) is 5.69 Å². The molecule has 0 fully saturated rings. The van der Waals surface area contributed by atoms with Crippen molar-refractivity contribution in [2.45, 2.75) is 12.1 Å². The molecule has 0 spiro atoms. The van der Waals surface area contributed by atoms with Gasteiger partial charge in [-0.05, 0) is 18.4 Å². The van der Waals surface area contributed by atoms with Crippen molar-refractivity contribution in [1.29, 1.82) is 0 Å². The molecular formula is C6H6ClN3OS. The summed E-state index contributed by atoms with van der Waals surface area (Å²) in [4.78, 5) is 18.1. The van der Waals surface area contributed by atoms with Gasteiger partial charge in [0.25, 0.3) is 0 Å². The van der Waals surface area contributed by atoms with E-state index in [4.69, 9.17) is 11.6 Å². The van der Waals surface area contributed by atoms with Crippen LogP contribution in [0.25, 0.3) is 0 Å². The Morgan fingerprint density at radius 3 is 2.58 bits per heavy atom. The molecule has 0 unspecified atom stereocenters. The molecule has 0 aliphatic rings. The lowest BCUT2D eigenvalue weighted by Gasteiger charge is -2.00. The maximum Gasteiger partial charge on any atom is 0.189 e. The lowest BCUT2D eigenvalue weighted by Crippen LogP contribution is -1.90. The van der Waals surface area contributed by atoms with Crippen molar-refractivity contribution >= 4 is 29.1 Å². The normalized spacial score (nSPS) is 9.92. The number of nitrogens with zero attached hydrogens (tertiary/aromatic N) is 3. The first-order valence-electron chi connectivity index (χ1n) is 3.10. The van der Waals surface area contributed by atoms with Gasteiger partial charge in [-0.15, -0.1) is 4.91 Å². The third kappa shape index (κ3) is 1.73. The van der Waals surface area contributed by atoms with Crippen LogP contribution in [0.5, 0.6) is 0 Å². The molecule has 1 aromatic rings. The smallest absolute Gasteiger partial charge is 0.189 e. The van der Waals surface area contributed by atoms with Crippen LogP contribution in [0.3, 0.4) is 0 Å². The van der Waals surface area contributed by atoms with Gasteiger partial charge in [-0.2, -0.15) is 0 Å². The zero-order valence-electron chi connectivity index (χ0n) is 6.54. The summed E-state index contributed by atoms with van der Waals surface area (Å²) < 4.78 is 0. The van der Waals surface area contributed by atoms with Crippen molar-refractivity contribution in [2.75, 3.05) is 6.26 Å². The summed E-state index contributed by atoms with van der Waals surface area (Å²) >= 11 is 7.02. The van der Waals surface area contributed by atoms with E-state index < -0.39 is 0 Å². The minimum absolute atomic E-state index is 0.113. The molecular weight excluding hydrogens is 198 g/mol. The molecule has 0 atom stereocenters. The topological polar surface area (TPSA) is 55.2 Å². The zero-order valence-corrected chi connectivity index (χ0v) is 8.11. The largest absolute Gasteiger partial charge is 0.225 e. The summed E-state index contributed by atoms with van der Waals surface area (Å²) in [6.45, 7) is 1.67. The molecule has 0 saturated carbocycles. The van der Waals surface area contributed by atoms with Gasteiger partial charge in [-0.1, -0.05) is 23.4 Å². The molecule has 0 radical (unpaired) electrons. The van der Waals surface area contributed by atoms with E-state index in [2.05, 4.69) is 15.1 Å². The predicted molar refractivity (Wildman–Crippen MR) is 49.0 cm³/mol. The molecule has 4 nitrogen and oxygen atoms in total. The monoisotopic (exact) mass is 203 g/mol. The van der Waals surface area contributed by atoms with Crippen molar-refractivity contribution < 1.29 is 0 Å². The maximum absolute atomic E-state index is 10.2. The van der Waals surface area contributed by atoms with Crippen molar-refractivity contribution in [2.24, 2.45) is 5.18 Å². The number of rotatable bonds is 2. The maximum atomic E-state index is 10.2. The minimum Gasteiger partial charge on any atom is -0.225 e. The number of halogens is 1. The Morgan fingerprint density at radius 1 is 1.50 bits per heavy atom. The summed E-state index contributed by atoms with van der Waals surface area (Å²) in [6, 6.07) is 0. The van der Waals surface area contributed by atoms with E-state index >= 15 is 0 Å². The molecule has 0 N–H and O–H groups in total. The lowest BCUT2D eigenvalue weighted by atomic mass is 10.4. The second kappa shape index (κ2) is 3.82. The Bertz CT molecular complexity index is 295. The van der Waals surface area contributed by atoms with Crippen LogP contribution in [0.1, 0.15) is 5.69 Å². The van der Waals surface area contributed by atoms with Gasteiger partial charge in [0, 0.05) is 0 Å². The third-order valence-electron chi connectivity index (χ3n) is 1.27. The van der Waals surface area contributed by atoms with Gasteiger partial charge in [0.1, 0.15) is 0 Å². The molecule has 6 heteroatoms. The highest BCUT2D eigenvalue weighted by Crippen LogP contribution is 2.27. The second-order valence-electron chi connectivity index (χ2n) is 2.03. The van der Waals surface area contributed by atoms with Crippen LogP contribution in [-0.2, 0) is 0 Å². The minimum atomic E-state index is 0.113. The quantitative estimate of drug-likeness (QED) is 0.321. The molecule has 0 bridgehead atoms. The van der Waals surface area contributed by atoms with Gasteiger partial charge in [0.15, 0.2) is 16.0 Å². The second-order valence-corrected chi connectivity index (χ2v) is 3.16. The van der Waals surface area contributed by atoms with E-state index in [1.807, 2.05) is 6.26 Å². The van der Waals surface area contributed by atoms with Gasteiger partial charge in [0.2, 0.25) is 0 Å². The van der Waals surface area contributed by atoms with E-state index in [0.29, 0.717) is 10.9 Å². The molecule has 0 amide bonds. The van der Waals surface area contributed by atoms with Crippen LogP contribution in [-0.4, -0.2) is 16.2 Å². The van der Waals surface area contributed by atoms with Crippen LogP contribution >= 0.6 is 23.4 Å². The average molecular weight is 204 g/mol. The highest BCUT2D eigenvalue weighted by atomic mass is 35.5. The van der Waals surface area contributed by atoms with Gasteiger partial charge in [0.05, 0.1) is 5.69 Å². The van der Waals surface area contributed by atoms with Crippen LogP contribution in [0.2, 0.25) is 5.15 Å². The van der Waals surface area contributed by atoms with E-state index in [-0.39, 0.29) is 10.8 Å². The molecule has 64 valence electrons. The Hall–Kier alpha value is -0.680. The van der Waals surface area contributed by atoms with Crippen LogP contribution in [0.15, 0.2) is 10.3 Å². The molecule has 0 aliphatic heterocycles. The first kappa shape index (κ1) is 9.41. The zero-order chi connectivity index (χ0) is 9.14. The fourth-order valence-corrected chi connectivity index (χ4v) is 1.41. The molecule has 12 heavy (non-hydrogen) atoms. The summed E-state index contributed by atoms with van der Waals surface area (Å²) in [5.41, 5.74) is 0.629. The predicted octanol–water partition coefficient (Wildman–Crippen LogP) is 2.56. The van der Waals surface area contributed by atoms with Gasteiger partial charge in [-0.25, -0.2) is 9.97 Å². The van der Waals surface area contributed by atoms with E-state index in [0.717, 1.165) is 0 Å². The van der Waals surface area contributed by atoms with Crippen molar-refractivity contribution in [1.82, 2.24) is 9.97 Å². The Labute approximate surface area is 78.7 Å². The fraction of sp³-hybridized carbons (Fsp3) is 0.333. The Balaban J connectivity index is 3.27. The van der Waals surface area contributed by atoms with Crippen LogP contribution in [0, 0.1) is 11.8 Å². The van der Waals surface area contributed by atoms with Gasteiger partial charge in [-0.3, -0.25) is 0 Å². The molecule has 0 saturated heterocycles. The Kier molecular flexibility index (Phi) is 2.99. The van der Waals surface area contributed by atoms with E-state index in [1.165, 1.54) is 11.8 Å². The molecule has 1 rings (SSSR count). The van der Waals surface area contributed by atoms with Crippen LogP contribution < -0.4 is 0 Å². The molecule has 0 aromatic carbocycles. The highest BCUT2D eigenvalue weighted by molar-refractivity contribution is 7.98. The average Bonchev–Trinajstić information content (AvgIpc) is 2.03. The van der Waals surface area contributed by atoms with Gasteiger partial charge < -0.3 is 0 Å². The first-order chi connectivity index (χ1) is 5.69. The number of hydrogen-bond donors (Lipinski definition) is 0. The Morgan fingerprint density at radius 2 is 2.17 bits per heavy atom. The summed E-state index contributed by atoms with van der Waals surface area (Å²) in [7, 11) is 0. The molecule has 0 aliphatic carbocycles. The van der Waals surface area contributed by atoms with Crippen molar-refractivity contribution in [3.05, 3.63) is 15.8 Å². The van der Waals surface area contributed by atoms with Crippen molar-refractivity contribution in [3.63, 3.8) is 0 Å². The fourth-order valence-electron chi connectivity index (χ4n) is 0.703. The number of thioether (sulfide) groups is 1. The summed E-state index contributed by atoms with van der Waals surface area (Å²) in [5, 5.41) is 3.39.